The van der Waals surface area contributed by atoms with Crippen LogP contribution in [0.4, 0.5) is 4.39 Å². The maximum absolute atomic E-state index is 13.8. The van der Waals surface area contributed by atoms with E-state index in [0.717, 1.165) is 12.8 Å². The molecule has 0 saturated heterocycles. The normalized spacial score (nSPS) is 10.4. The van der Waals surface area contributed by atoms with E-state index in [1.807, 2.05) is 0 Å². The van der Waals surface area contributed by atoms with E-state index < -0.39 is 0 Å². The third-order valence-corrected chi connectivity index (χ3v) is 2.46. The first-order chi connectivity index (χ1) is 7.66. The van der Waals surface area contributed by atoms with Crippen molar-refractivity contribution in [2.24, 2.45) is 5.73 Å². The minimum Gasteiger partial charge on any atom is -0.389 e. The Morgan fingerprint density at radius 1 is 1.50 bits per heavy atom. The zero-order valence-corrected chi connectivity index (χ0v) is 10.1. The van der Waals surface area contributed by atoms with Crippen molar-refractivity contribution >= 4 is 17.2 Å². The SMILES string of the molecule is CCCCOCc1cccc(C(N)=S)c1F. The number of hydrogen-bond donors (Lipinski definition) is 1. The lowest BCUT2D eigenvalue weighted by Gasteiger charge is -2.07. The van der Waals surface area contributed by atoms with Gasteiger partial charge in [0.15, 0.2) is 0 Å². The van der Waals surface area contributed by atoms with Crippen LogP contribution < -0.4 is 5.73 Å². The molecule has 1 aromatic carbocycles. The van der Waals surface area contributed by atoms with Crippen molar-refractivity contribution in [2.45, 2.75) is 26.4 Å². The molecule has 2 N–H and O–H groups in total. The number of unbranched alkanes of at least 4 members (excludes halogenated alkanes) is 1. The largest absolute Gasteiger partial charge is 0.389 e. The summed E-state index contributed by atoms with van der Waals surface area (Å²) in [6.07, 6.45) is 2.05. The first-order valence-corrected chi connectivity index (χ1v) is 5.72. The molecular weight excluding hydrogens is 225 g/mol. The van der Waals surface area contributed by atoms with Gasteiger partial charge in [0.2, 0.25) is 0 Å². The third-order valence-electron chi connectivity index (χ3n) is 2.24. The highest BCUT2D eigenvalue weighted by Crippen LogP contribution is 2.14. The van der Waals surface area contributed by atoms with Gasteiger partial charge in [-0.25, -0.2) is 4.39 Å². The Morgan fingerprint density at radius 2 is 2.25 bits per heavy atom. The number of halogens is 1. The number of thiocarbonyl (C=S) groups is 1. The Balaban J connectivity index is 2.66. The quantitative estimate of drug-likeness (QED) is 0.614. The summed E-state index contributed by atoms with van der Waals surface area (Å²) in [6.45, 7) is 2.99. The summed E-state index contributed by atoms with van der Waals surface area (Å²) in [4.78, 5) is 0.0768. The van der Waals surface area contributed by atoms with Gasteiger partial charge < -0.3 is 10.5 Å². The number of hydrogen-bond acceptors (Lipinski definition) is 2. The summed E-state index contributed by atoms with van der Waals surface area (Å²) in [5.41, 5.74) is 6.20. The Kier molecular flexibility index (Phi) is 5.35. The van der Waals surface area contributed by atoms with E-state index in [4.69, 9.17) is 22.7 Å². The van der Waals surface area contributed by atoms with Crippen molar-refractivity contribution in [3.05, 3.63) is 35.1 Å². The van der Waals surface area contributed by atoms with E-state index in [9.17, 15) is 4.39 Å². The van der Waals surface area contributed by atoms with Crippen LogP contribution in [-0.2, 0) is 11.3 Å². The van der Waals surface area contributed by atoms with Crippen LogP contribution in [0.2, 0.25) is 0 Å². The summed E-state index contributed by atoms with van der Waals surface area (Å²) in [5.74, 6) is -0.369. The third kappa shape index (κ3) is 3.54. The summed E-state index contributed by atoms with van der Waals surface area (Å²) in [5, 5.41) is 0. The predicted molar refractivity (Wildman–Crippen MR) is 66.9 cm³/mol. The molecule has 0 aliphatic carbocycles. The molecule has 0 unspecified atom stereocenters. The van der Waals surface area contributed by atoms with Gasteiger partial charge in [-0.15, -0.1) is 0 Å². The molecule has 0 atom stereocenters. The lowest BCUT2D eigenvalue weighted by molar-refractivity contribution is 0.115. The van der Waals surface area contributed by atoms with Gasteiger partial charge >= 0.3 is 0 Å². The molecule has 0 spiro atoms. The number of rotatable bonds is 6. The highest BCUT2D eigenvalue weighted by Gasteiger charge is 2.09. The molecule has 0 aliphatic heterocycles. The fourth-order valence-electron chi connectivity index (χ4n) is 1.31. The van der Waals surface area contributed by atoms with Crippen LogP contribution in [0.1, 0.15) is 30.9 Å². The standard InChI is InChI=1S/C12H16FNOS/c1-2-3-7-15-8-9-5-4-6-10(11(9)13)12(14)16/h4-6H,2-3,7-8H2,1H3,(H2,14,16). The molecule has 1 rings (SSSR count). The van der Waals surface area contributed by atoms with E-state index >= 15 is 0 Å². The van der Waals surface area contributed by atoms with Crippen LogP contribution in [-0.4, -0.2) is 11.6 Å². The van der Waals surface area contributed by atoms with Crippen molar-refractivity contribution in [3.63, 3.8) is 0 Å². The minimum atomic E-state index is -0.369. The fourth-order valence-corrected chi connectivity index (χ4v) is 1.47. The average Bonchev–Trinajstić information content (AvgIpc) is 2.26. The molecule has 2 nitrogen and oxygen atoms in total. The van der Waals surface area contributed by atoms with Gasteiger partial charge in [-0.05, 0) is 12.5 Å². The summed E-state index contributed by atoms with van der Waals surface area (Å²) < 4.78 is 19.1. The van der Waals surface area contributed by atoms with Crippen molar-refractivity contribution in [2.75, 3.05) is 6.61 Å². The Bertz CT molecular complexity index is 368. The molecule has 16 heavy (non-hydrogen) atoms. The van der Waals surface area contributed by atoms with Gasteiger partial charge in [-0.1, -0.05) is 37.7 Å². The van der Waals surface area contributed by atoms with E-state index in [0.29, 0.717) is 12.2 Å². The van der Waals surface area contributed by atoms with Crippen LogP contribution in [0.25, 0.3) is 0 Å². The van der Waals surface area contributed by atoms with E-state index in [-0.39, 0.29) is 23.0 Å². The maximum atomic E-state index is 13.8. The second kappa shape index (κ2) is 6.55. The lowest BCUT2D eigenvalue weighted by Crippen LogP contribution is -2.13. The van der Waals surface area contributed by atoms with Gasteiger partial charge in [-0.2, -0.15) is 0 Å². The van der Waals surface area contributed by atoms with Crippen LogP contribution in [0.5, 0.6) is 0 Å². The fraction of sp³-hybridized carbons (Fsp3) is 0.417. The maximum Gasteiger partial charge on any atom is 0.138 e. The number of benzene rings is 1. The number of nitrogens with two attached hydrogens (primary N) is 1. The Hall–Kier alpha value is -1.00. The topological polar surface area (TPSA) is 35.2 Å². The van der Waals surface area contributed by atoms with Gasteiger partial charge in [0.1, 0.15) is 10.8 Å². The first-order valence-electron chi connectivity index (χ1n) is 5.31. The van der Waals surface area contributed by atoms with Crippen LogP contribution in [0, 0.1) is 5.82 Å². The van der Waals surface area contributed by atoms with Gasteiger partial charge in [0, 0.05) is 17.7 Å². The summed E-state index contributed by atoms with van der Waals surface area (Å²) in [7, 11) is 0. The molecule has 0 bridgehead atoms. The molecule has 0 aliphatic rings. The molecule has 0 fully saturated rings. The van der Waals surface area contributed by atoms with Gasteiger partial charge in [-0.3, -0.25) is 0 Å². The first kappa shape index (κ1) is 13.1. The smallest absolute Gasteiger partial charge is 0.138 e. The molecular formula is C12H16FNOS. The van der Waals surface area contributed by atoms with Crippen LogP contribution in [0.15, 0.2) is 18.2 Å². The summed E-state index contributed by atoms with van der Waals surface area (Å²) >= 11 is 4.76. The van der Waals surface area contributed by atoms with Crippen molar-refractivity contribution in [1.82, 2.24) is 0 Å². The van der Waals surface area contributed by atoms with Crippen molar-refractivity contribution in [1.29, 1.82) is 0 Å². The predicted octanol–water partition coefficient (Wildman–Crippen LogP) is 2.78. The molecule has 0 heterocycles. The minimum absolute atomic E-state index is 0.0768. The molecule has 0 radical (unpaired) electrons. The monoisotopic (exact) mass is 241 g/mol. The van der Waals surface area contributed by atoms with Crippen LogP contribution >= 0.6 is 12.2 Å². The van der Waals surface area contributed by atoms with Crippen molar-refractivity contribution < 1.29 is 9.13 Å². The second-order valence-electron chi connectivity index (χ2n) is 3.55. The molecule has 0 saturated carbocycles. The molecule has 0 amide bonds. The molecule has 0 aromatic heterocycles. The Morgan fingerprint density at radius 3 is 2.88 bits per heavy atom. The van der Waals surface area contributed by atoms with E-state index in [1.165, 1.54) is 0 Å². The van der Waals surface area contributed by atoms with Gasteiger partial charge in [0.05, 0.1) is 6.61 Å². The summed E-state index contributed by atoms with van der Waals surface area (Å²) in [6, 6.07) is 4.99. The molecule has 4 heteroatoms. The highest BCUT2D eigenvalue weighted by atomic mass is 32.1. The zero-order valence-electron chi connectivity index (χ0n) is 9.33. The lowest BCUT2D eigenvalue weighted by atomic mass is 10.1. The van der Waals surface area contributed by atoms with Gasteiger partial charge in [0.25, 0.3) is 0 Å². The van der Waals surface area contributed by atoms with E-state index in [1.54, 1.807) is 18.2 Å². The second-order valence-corrected chi connectivity index (χ2v) is 3.99. The Labute approximate surface area is 101 Å². The highest BCUT2D eigenvalue weighted by molar-refractivity contribution is 7.80. The van der Waals surface area contributed by atoms with Crippen LogP contribution in [0.3, 0.4) is 0 Å². The number of ether oxygens (including phenoxy) is 1. The average molecular weight is 241 g/mol. The van der Waals surface area contributed by atoms with E-state index in [2.05, 4.69) is 6.92 Å². The zero-order chi connectivity index (χ0) is 12.0. The van der Waals surface area contributed by atoms with Crippen molar-refractivity contribution in [3.8, 4) is 0 Å². The molecule has 1 aromatic rings. The molecule has 88 valence electrons.